The van der Waals surface area contributed by atoms with Crippen molar-refractivity contribution >= 4 is 46.7 Å². The van der Waals surface area contributed by atoms with Gasteiger partial charge in [0.05, 0.1) is 10.9 Å². The van der Waals surface area contributed by atoms with Gasteiger partial charge in [0.1, 0.15) is 12.8 Å². The first kappa shape index (κ1) is 18.9. The van der Waals surface area contributed by atoms with E-state index in [1.807, 2.05) is 6.07 Å². The van der Waals surface area contributed by atoms with E-state index in [-0.39, 0.29) is 0 Å². The number of carbonyl (C=O) groups excluding carboxylic acids is 2. The van der Waals surface area contributed by atoms with Crippen LogP contribution in [0.2, 0.25) is 0 Å². The lowest BCUT2D eigenvalue weighted by Gasteiger charge is -2.22. The van der Waals surface area contributed by atoms with Crippen molar-refractivity contribution in [1.82, 2.24) is 5.32 Å². The summed E-state index contributed by atoms with van der Waals surface area (Å²) in [7, 11) is 0. The highest BCUT2D eigenvalue weighted by Crippen LogP contribution is 2.29. The monoisotopic (exact) mass is 389 g/mol. The van der Waals surface area contributed by atoms with Crippen molar-refractivity contribution in [3.05, 3.63) is 46.8 Å². The number of rotatable bonds is 7. The topological polar surface area (TPSA) is 66.4 Å². The number of benzene rings is 1. The molecule has 1 aromatic carbocycles. The Bertz CT molecular complexity index is 706. The summed E-state index contributed by atoms with van der Waals surface area (Å²) in [6, 6.07) is 9.17. The average molecular weight is 390 g/mol. The van der Waals surface area contributed by atoms with Gasteiger partial charge < -0.3 is 10.4 Å². The zero-order valence-corrected chi connectivity index (χ0v) is 14.6. The number of hydrogen-bond acceptors (Lipinski definition) is 4. The molecule has 1 aromatic heterocycles. The van der Waals surface area contributed by atoms with E-state index in [2.05, 4.69) is 5.32 Å². The number of carbonyl (C=O) groups is 2. The minimum absolute atomic E-state index is 0.439. The fraction of sp³-hybridized carbons (Fsp3) is 0.250. The maximum absolute atomic E-state index is 13.1. The van der Waals surface area contributed by atoms with Gasteiger partial charge in [0.15, 0.2) is 11.1 Å². The molecule has 0 aliphatic heterocycles. The molecule has 0 radical (unpaired) electrons. The third kappa shape index (κ3) is 4.54. The molecule has 2 N–H and O–H groups in total. The molecule has 8 heteroatoms. The molecule has 2 rings (SSSR count). The number of alkyl halides is 3. The average Bonchev–Trinajstić information content (AvgIpc) is 3.08. The first-order valence-corrected chi connectivity index (χ1v) is 8.63. The molecule has 0 spiro atoms. The lowest BCUT2D eigenvalue weighted by molar-refractivity contribution is -0.121. The molecule has 2 atom stereocenters. The molecule has 0 unspecified atom stereocenters. The molecule has 4 nitrogen and oxygen atoms in total. The maximum Gasteiger partial charge on any atom is 0.253 e. The molecule has 0 saturated carbocycles. The normalized spacial score (nSPS) is 13.5. The highest BCUT2D eigenvalue weighted by molar-refractivity contribution is 7.17. The molecular formula is C16H14Cl2FNO3S. The largest absolute Gasteiger partial charge is 0.386 e. The summed E-state index contributed by atoms with van der Waals surface area (Å²) >= 11 is 12.2. The Labute approximate surface area is 152 Å². The summed E-state index contributed by atoms with van der Waals surface area (Å²) < 4.78 is 13.1. The Kier molecular flexibility index (Phi) is 6.74. The standard InChI is InChI=1S/C16H14Cl2FNO3S/c17-15(18)16(23)20-12(7-19)14(22)10-3-1-9(2-4-10)13-6-5-11(8-21)24-13/h1-6,8,12,14-15,22H,7H2,(H,20,23)/t12-,14-/m1/s1. The van der Waals surface area contributed by atoms with E-state index in [0.717, 1.165) is 16.7 Å². The summed E-state index contributed by atoms with van der Waals surface area (Å²) in [5, 5.41) is 12.5. The fourth-order valence-electron chi connectivity index (χ4n) is 2.10. The van der Waals surface area contributed by atoms with Crippen LogP contribution in [0.1, 0.15) is 21.3 Å². The fourth-order valence-corrected chi connectivity index (χ4v) is 3.05. The third-order valence-electron chi connectivity index (χ3n) is 3.35. The first-order valence-electron chi connectivity index (χ1n) is 6.94. The van der Waals surface area contributed by atoms with Gasteiger partial charge in [0, 0.05) is 4.88 Å². The number of halogens is 3. The predicted molar refractivity (Wildman–Crippen MR) is 93.5 cm³/mol. The molecule has 24 heavy (non-hydrogen) atoms. The molecule has 1 amide bonds. The van der Waals surface area contributed by atoms with Crippen LogP contribution in [-0.2, 0) is 4.79 Å². The van der Waals surface area contributed by atoms with Crippen LogP contribution in [-0.4, -0.2) is 34.9 Å². The van der Waals surface area contributed by atoms with E-state index in [0.29, 0.717) is 10.4 Å². The van der Waals surface area contributed by atoms with Crippen LogP contribution in [0.3, 0.4) is 0 Å². The molecule has 0 aliphatic carbocycles. The summed E-state index contributed by atoms with van der Waals surface area (Å²) in [6.45, 7) is -0.969. The van der Waals surface area contributed by atoms with Gasteiger partial charge in [-0.3, -0.25) is 9.59 Å². The number of hydrogen-bond donors (Lipinski definition) is 2. The molecule has 0 fully saturated rings. The number of thiophene rings is 1. The van der Waals surface area contributed by atoms with E-state index in [4.69, 9.17) is 23.2 Å². The molecular weight excluding hydrogens is 376 g/mol. The lowest BCUT2D eigenvalue weighted by atomic mass is 10.0. The van der Waals surface area contributed by atoms with Crippen LogP contribution >= 0.6 is 34.5 Å². The summed E-state index contributed by atoms with van der Waals surface area (Å²) in [6.07, 6.45) is -0.462. The van der Waals surface area contributed by atoms with Gasteiger partial charge >= 0.3 is 0 Å². The number of aldehydes is 1. The Balaban J connectivity index is 2.13. The van der Waals surface area contributed by atoms with Crippen molar-refractivity contribution in [2.24, 2.45) is 0 Å². The molecule has 1 heterocycles. The van der Waals surface area contributed by atoms with Crippen LogP contribution in [0.25, 0.3) is 10.4 Å². The smallest absolute Gasteiger partial charge is 0.253 e. The van der Waals surface area contributed by atoms with Crippen LogP contribution in [0.5, 0.6) is 0 Å². The van der Waals surface area contributed by atoms with Crippen molar-refractivity contribution in [1.29, 1.82) is 0 Å². The minimum atomic E-state index is -1.33. The molecule has 0 aliphatic rings. The van der Waals surface area contributed by atoms with Gasteiger partial charge in [0.25, 0.3) is 5.91 Å². The highest BCUT2D eigenvalue weighted by atomic mass is 35.5. The summed E-state index contributed by atoms with van der Waals surface area (Å²) in [5.74, 6) is -0.767. The number of aliphatic hydroxyl groups is 1. The van der Waals surface area contributed by atoms with Crippen molar-refractivity contribution in [2.75, 3.05) is 6.67 Å². The van der Waals surface area contributed by atoms with E-state index in [9.17, 15) is 19.1 Å². The van der Waals surface area contributed by atoms with Crippen molar-refractivity contribution in [3.8, 4) is 10.4 Å². The van der Waals surface area contributed by atoms with Crippen LogP contribution in [0.4, 0.5) is 4.39 Å². The predicted octanol–water partition coefficient (Wildman–Crippen LogP) is 3.52. The van der Waals surface area contributed by atoms with Gasteiger partial charge in [-0.2, -0.15) is 0 Å². The Morgan fingerprint density at radius 1 is 1.25 bits per heavy atom. The van der Waals surface area contributed by atoms with Crippen molar-refractivity contribution in [2.45, 2.75) is 17.0 Å². The third-order valence-corrected chi connectivity index (χ3v) is 4.81. The van der Waals surface area contributed by atoms with Crippen molar-refractivity contribution < 1.29 is 19.1 Å². The zero-order valence-electron chi connectivity index (χ0n) is 12.3. The molecule has 0 bridgehead atoms. The van der Waals surface area contributed by atoms with E-state index < -0.39 is 29.6 Å². The second-order valence-corrected chi connectivity index (χ2v) is 7.17. The van der Waals surface area contributed by atoms with Crippen LogP contribution in [0.15, 0.2) is 36.4 Å². The first-order chi connectivity index (χ1) is 11.5. The number of amides is 1. The van der Waals surface area contributed by atoms with Crippen LogP contribution in [0, 0.1) is 0 Å². The van der Waals surface area contributed by atoms with Gasteiger partial charge in [-0.25, -0.2) is 4.39 Å². The molecule has 128 valence electrons. The molecule has 2 aromatic rings. The highest BCUT2D eigenvalue weighted by Gasteiger charge is 2.25. The van der Waals surface area contributed by atoms with Gasteiger partial charge in [0.2, 0.25) is 0 Å². The number of aliphatic hydroxyl groups excluding tert-OH is 1. The van der Waals surface area contributed by atoms with E-state index in [1.54, 1.807) is 30.3 Å². The van der Waals surface area contributed by atoms with E-state index in [1.165, 1.54) is 11.3 Å². The Hall–Kier alpha value is -1.47. The van der Waals surface area contributed by atoms with Crippen molar-refractivity contribution in [3.63, 3.8) is 0 Å². The lowest BCUT2D eigenvalue weighted by Crippen LogP contribution is -2.43. The number of nitrogens with one attached hydrogen (secondary N) is 1. The molecule has 0 saturated heterocycles. The van der Waals surface area contributed by atoms with Crippen LogP contribution < -0.4 is 5.32 Å². The second kappa shape index (κ2) is 8.58. The minimum Gasteiger partial charge on any atom is -0.386 e. The van der Waals surface area contributed by atoms with Gasteiger partial charge in [-0.15, -0.1) is 11.3 Å². The Morgan fingerprint density at radius 2 is 1.92 bits per heavy atom. The quantitative estimate of drug-likeness (QED) is 0.562. The maximum atomic E-state index is 13.1. The SMILES string of the molecule is O=Cc1ccc(-c2ccc([C@@H](O)[C@@H](CF)NC(=O)C(Cl)Cl)cc2)s1. The summed E-state index contributed by atoms with van der Waals surface area (Å²) in [5.41, 5.74) is 1.31. The van der Waals surface area contributed by atoms with E-state index >= 15 is 0 Å². The summed E-state index contributed by atoms with van der Waals surface area (Å²) in [4.78, 5) is 22.4. The Morgan fingerprint density at radius 3 is 2.42 bits per heavy atom. The second-order valence-electron chi connectivity index (χ2n) is 4.96. The van der Waals surface area contributed by atoms with Gasteiger partial charge in [-0.1, -0.05) is 47.5 Å². The van der Waals surface area contributed by atoms with Gasteiger partial charge in [-0.05, 0) is 23.3 Å². The zero-order chi connectivity index (χ0) is 17.7.